The molecule has 0 aromatic heterocycles. The Labute approximate surface area is 166 Å². The summed E-state index contributed by atoms with van der Waals surface area (Å²) < 4.78 is 34.2. The van der Waals surface area contributed by atoms with Gasteiger partial charge in [0, 0.05) is 24.5 Å². The first-order chi connectivity index (χ1) is 13.2. The van der Waals surface area contributed by atoms with Crippen LogP contribution >= 0.6 is 0 Å². The summed E-state index contributed by atoms with van der Waals surface area (Å²) in [7, 11) is 0. The van der Waals surface area contributed by atoms with E-state index in [1.807, 2.05) is 27.7 Å². The van der Waals surface area contributed by atoms with Gasteiger partial charge in [0.2, 0.25) is 0 Å². The molecular formula is C21H30O7. The molecule has 2 saturated heterocycles. The highest BCUT2D eigenvalue weighted by Crippen LogP contribution is 2.27. The third-order valence-electron chi connectivity index (χ3n) is 4.50. The summed E-state index contributed by atoms with van der Waals surface area (Å²) in [6.07, 6.45) is 1.84. The Kier molecular flexibility index (Phi) is 6.60. The van der Waals surface area contributed by atoms with Crippen molar-refractivity contribution in [1.82, 2.24) is 0 Å². The van der Waals surface area contributed by atoms with Crippen LogP contribution in [-0.4, -0.2) is 56.5 Å². The average molecular weight is 394 g/mol. The lowest BCUT2D eigenvalue weighted by Gasteiger charge is -2.17. The van der Waals surface area contributed by atoms with Crippen LogP contribution in [0.5, 0.6) is 11.5 Å². The lowest BCUT2D eigenvalue weighted by Crippen LogP contribution is -2.23. The zero-order valence-corrected chi connectivity index (χ0v) is 17.1. The Morgan fingerprint density at radius 1 is 1.04 bits per heavy atom. The van der Waals surface area contributed by atoms with E-state index in [4.69, 9.17) is 28.4 Å². The van der Waals surface area contributed by atoms with Crippen LogP contribution in [0.1, 0.15) is 50.9 Å². The van der Waals surface area contributed by atoms with Gasteiger partial charge < -0.3 is 28.4 Å². The van der Waals surface area contributed by atoms with Gasteiger partial charge in [0.05, 0.1) is 38.1 Å². The SMILES string of the molecule is CC1(C)COC(CCOc2cc(C=O)cc(OCCC3COC(C)(C)O3)c2)O1. The molecule has 2 heterocycles. The fourth-order valence-corrected chi connectivity index (χ4v) is 3.17. The van der Waals surface area contributed by atoms with Crippen molar-refractivity contribution in [2.45, 2.75) is 64.3 Å². The number of rotatable bonds is 9. The molecule has 0 aliphatic carbocycles. The molecule has 0 radical (unpaired) electrons. The second-order valence-corrected chi connectivity index (χ2v) is 8.20. The van der Waals surface area contributed by atoms with Gasteiger partial charge in [-0.1, -0.05) is 0 Å². The van der Waals surface area contributed by atoms with E-state index in [-0.39, 0.29) is 18.0 Å². The van der Waals surface area contributed by atoms with Crippen molar-refractivity contribution in [3.05, 3.63) is 23.8 Å². The van der Waals surface area contributed by atoms with Crippen molar-refractivity contribution in [2.24, 2.45) is 0 Å². The Morgan fingerprint density at radius 2 is 1.71 bits per heavy atom. The van der Waals surface area contributed by atoms with E-state index in [9.17, 15) is 4.79 Å². The Bertz CT molecular complexity index is 620. The van der Waals surface area contributed by atoms with Gasteiger partial charge >= 0.3 is 0 Å². The monoisotopic (exact) mass is 394 g/mol. The average Bonchev–Trinajstić information content (AvgIpc) is 3.15. The highest BCUT2D eigenvalue weighted by molar-refractivity contribution is 5.76. The smallest absolute Gasteiger partial charge is 0.163 e. The maximum absolute atomic E-state index is 11.2. The molecule has 28 heavy (non-hydrogen) atoms. The normalized spacial score (nSPS) is 25.6. The van der Waals surface area contributed by atoms with Crippen LogP contribution in [0.15, 0.2) is 18.2 Å². The molecule has 0 amide bonds. The lowest BCUT2D eigenvalue weighted by atomic mass is 10.2. The number of carbonyl (C=O) groups excluding carboxylic acids is 1. The number of carbonyl (C=O) groups is 1. The van der Waals surface area contributed by atoms with Gasteiger partial charge in [0.15, 0.2) is 12.1 Å². The summed E-state index contributed by atoms with van der Waals surface area (Å²) in [5, 5.41) is 0. The van der Waals surface area contributed by atoms with E-state index in [2.05, 4.69) is 0 Å². The summed E-state index contributed by atoms with van der Waals surface area (Å²) in [5.41, 5.74) is 0.246. The van der Waals surface area contributed by atoms with Gasteiger partial charge in [-0.05, 0) is 39.8 Å². The van der Waals surface area contributed by atoms with Crippen LogP contribution in [0.2, 0.25) is 0 Å². The second kappa shape index (κ2) is 8.78. The van der Waals surface area contributed by atoms with Crippen LogP contribution in [0.4, 0.5) is 0 Å². The number of hydrogen-bond acceptors (Lipinski definition) is 7. The lowest BCUT2D eigenvalue weighted by molar-refractivity contribution is -0.139. The summed E-state index contributed by atoms with van der Waals surface area (Å²) in [6.45, 7) is 9.80. The third kappa shape index (κ3) is 6.17. The molecule has 156 valence electrons. The van der Waals surface area contributed by atoms with Crippen LogP contribution in [0, 0.1) is 0 Å². The molecule has 1 aromatic rings. The summed E-state index contributed by atoms with van der Waals surface area (Å²) in [6, 6.07) is 5.17. The predicted molar refractivity (Wildman–Crippen MR) is 102 cm³/mol. The van der Waals surface area contributed by atoms with Gasteiger partial charge in [0.1, 0.15) is 17.8 Å². The van der Waals surface area contributed by atoms with Gasteiger partial charge in [0.25, 0.3) is 0 Å². The Hall–Kier alpha value is -1.67. The largest absolute Gasteiger partial charge is 0.493 e. The van der Waals surface area contributed by atoms with E-state index in [1.165, 1.54) is 0 Å². The molecule has 7 heteroatoms. The zero-order chi connectivity index (χ0) is 20.2. The van der Waals surface area contributed by atoms with E-state index >= 15 is 0 Å². The van der Waals surface area contributed by atoms with Crippen molar-refractivity contribution in [3.63, 3.8) is 0 Å². The molecule has 2 aliphatic rings. The van der Waals surface area contributed by atoms with Crippen LogP contribution < -0.4 is 9.47 Å². The van der Waals surface area contributed by atoms with Crippen molar-refractivity contribution in [3.8, 4) is 11.5 Å². The minimum Gasteiger partial charge on any atom is -0.493 e. The minimum atomic E-state index is -0.537. The van der Waals surface area contributed by atoms with E-state index in [0.717, 1.165) is 6.29 Å². The molecule has 2 fully saturated rings. The summed E-state index contributed by atoms with van der Waals surface area (Å²) >= 11 is 0. The second-order valence-electron chi connectivity index (χ2n) is 8.20. The Morgan fingerprint density at radius 3 is 2.25 bits per heavy atom. The quantitative estimate of drug-likeness (QED) is 0.595. The van der Waals surface area contributed by atoms with E-state index in [1.54, 1.807) is 18.2 Å². The van der Waals surface area contributed by atoms with Gasteiger partial charge in [-0.15, -0.1) is 0 Å². The number of benzene rings is 1. The van der Waals surface area contributed by atoms with Crippen molar-refractivity contribution in [1.29, 1.82) is 0 Å². The molecule has 0 N–H and O–H groups in total. The maximum atomic E-state index is 11.2. The molecule has 2 unspecified atom stereocenters. The molecule has 3 rings (SSSR count). The maximum Gasteiger partial charge on any atom is 0.163 e. The van der Waals surface area contributed by atoms with Gasteiger partial charge in [-0.2, -0.15) is 0 Å². The number of hydrogen-bond donors (Lipinski definition) is 0. The molecule has 0 saturated carbocycles. The summed E-state index contributed by atoms with van der Waals surface area (Å²) in [4.78, 5) is 11.2. The molecule has 1 aromatic carbocycles. The summed E-state index contributed by atoms with van der Waals surface area (Å²) in [5.74, 6) is 0.635. The first kappa shape index (κ1) is 21.0. The number of aldehydes is 1. The van der Waals surface area contributed by atoms with Gasteiger partial charge in [-0.3, -0.25) is 4.79 Å². The number of ether oxygens (including phenoxy) is 6. The van der Waals surface area contributed by atoms with Crippen LogP contribution in [0.3, 0.4) is 0 Å². The fourth-order valence-electron chi connectivity index (χ4n) is 3.17. The first-order valence-electron chi connectivity index (χ1n) is 9.72. The third-order valence-corrected chi connectivity index (χ3v) is 4.50. The van der Waals surface area contributed by atoms with E-state index in [0.29, 0.717) is 56.3 Å². The molecule has 0 bridgehead atoms. The van der Waals surface area contributed by atoms with Crippen molar-refractivity contribution < 1.29 is 33.2 Å². The van der Waals surface area contributed by atoms with E-state index < -0.39 is 5.79 Å². The molecule has 7 nitrogen and oxygen atoms in total. The zero-order valence-electron chi connectivity index (χ0n) is 17.1. The molecule has 0 spiro atoms. The topological polar surface area (TPSA) is 72.5 Å². The van der Waals surface area contributed by atoms with Crippen LogP contribution in [-0.2, 0) is 18.9 Å². The molecular weight excluding hydrogens is 364 g/mol. The Balaban J connectivity index is 1.47. The first-order valence-corrected chi connectivity index (χ1v) is 9.72. The fraction of sp³-hybridized carbons (Fsp3) is 0.667. The van der Waals surface area contributed by atoms with Gasteiger partial charge in [-0.25, -0.2) is 0 Å². The minimum absolute atomic E-state index is 0.00985. The highest BCUT2D eigenvalue weighted by atomic mass is 16.7. The molecule has 2 aliphatic heterocycles. The standard InChI is InChI=1S/C21H30O7/c1-20(2)14-25-19(28-20)6-8-24-18-10-15(12-22)9-17(11-18)23-7-5-16-13-26-21(3,4)27-16/h9-12,16,19H,5-8,13-14H2,1-4H3. The predicted octanol–water partition coefficient (Wildman–Crippen LogP) is 3.34. The highest BCUT2D eigenvalue weighted by Gasteiger charge is 2.33. The van der Waals surface area contributed by atoms with Crippen molar-refractivity contribution in [2.75, 3.05) is 26.4 Å². The molecule has 2 atom stereocenters. The van der Waals surface area contributed by atoms with Crippen LogP contribution in [0.25, 0.3) is 0 Å². The van der Waals surface area contributed by atoms with Crippen molar-refractivity contribution >= 4 is 6.29 Å².